The van der Waals surface area contributed by atoms with E-state index in [2.05, 4.69) is 10.2 Å². The number of halogens is 1. The molecule has 0 fully saturated rings. The quantitative estimate of drug-likeness (QED) is 0.692. The van der Waals surface area contributed by atoms with Crippen molar-refractivity contribution in [2.75, 3.05) is 0 Å². The van der Waals surface area contributed by atoms with Gasteiger partial charge in [-0.3, -0.25) is 0 Å². The molecule has 112 valence electrons. The van der Waals surface area contributed by atoms with Crippen LogP contribution in [0.3, 0.4) is 0 Å². The van der Waals surface area contributed by atoms with Crippen molar-refractivity contribution in [1.29, 1.82) is 0 Å². The largest absolute Gasteiger partial charge is 0.451 e. The normalized spacial score (nSPS) is 10.6. The van der Waals surface area contributed by atoms with Crippen LogP contribution >= 0.6 is 11.6 Å². The zero-order valence-electron chi connectivity index (χ0n) is 11.7. The van der Waals surface area contributed by atoms with Gasteiger partial charge in [0.1, 0.15) is 5.69 Å². The molecule has 0 atom stereocenters. The highest BCUT2D eigenvalue weighted by molar-refractivity contribution is 6.33. The SMILES string of the molecule is Cn1cccc1C(=O)OCc1nnc(-c2ccccc2Cl)o1. The maximum atomic E-state index is 11.9. The Morgan fingerprint density at radius 3 is 2.82 bits per heavy atom. The van der Waals surface area contributed by atoms with Crippen LogP contribution in [-0.4, -0.2) is 20.7 Å². The molecular weight excluding hydrogens is 306 g/mol. The summed E-state index contributed by atoms with van der Waals surface area (Å²) in [6.45, 7) is -0.0958. The first-order valence-corrected chi connectivity index (χ1v) is 6.88. The minimum Gasteiger partial charge on any atom is -0.451 e. The van der Waals surface area contributed by atoms with Gasteiger partial charge in [0, 0.05) is 13.2 Å². The molecular formula is C15H12ClN3O3. The topological polar surface area (TPSA) is 70.2 Å². The highest BCUT2D eigenvalue weighted by Gasteiger charge is 2.15. The summed E-state index contributed by atoms with van der Waals surface area (Å²) >= 11 is 6.06. The summed E-state index contributed by atoms with van der Waals surface area (Å²) in [6, 6.07) is 10.6. The Bertz CT molecular complexity index is 810. The lowest BCUT2D eigenvalue weighted by molar-refractivity contribution is 0.0427. The van der Waals surface area contributed by atoms with Crippen molar-refractivity contribution < 1.29 is 13.9 Å². The number of hydrogen-bond acceptors (Lipinski definition) is 5. The number of hydrogen-bond donors (Lipinski definition) is 0. The van der Waals surface area contributed by atoms with Crippen molar-refractivity contribution in [2.24, 2.45) is 7.05 Å². The molecule has 2 aromatic heterocycles. The van der Waals surface area contributed by atoms with Crippen LogP contribution in [0.15, 0.2) is 47.0 Å². The van der Waals surface area contributed by atoms with Gasteiger partial charge in [-0.25, -0.2) is 4.79 Å². The number of esters is 1. The molecule has 0 amide bonds. The fraction of sp³-hybridized carbons (Fsp3) is 0.133. The van der Waals surface area contributed by atoms with Crippen LogP contribution in [0.2, 0.25) is 5.02 Å². The molecule has 3 rings (SSSR count). The van der Waals surface area contributed by atoms with Crippen LogP contribution in [0.25, 0.3) is 11.5 Å². The van der Waals surface area contributed by atoms with Crippen LogP contribution in [0.1, 0.15) is 16.4 Å². The predicted octanol–water partition coefficient (Wildman–Crippen LogP) is 3.09. The van der Waals surface area contributed by atoms with E-state index in [1.165, 1.54) is 0 Å². The molecule has 0 aliphatic rings. The minimum absolute atomic E-state index is 0.0958. The van der Waals surface area contributed by atoms with Crippen molar-refractivity contribution >= 4 is 17.6 Å². The second kappa shape index (κ2) is 6.03. The number of rotatable bonds is 4. The summed E-state index contributed by atoms with van der Waals surface area (Å²) in [5.41, 5.74) is 1.09. The minimum atomic E-state index is -0.454. The summed E-state index contributed by atoms with van der Waals surface area (Å²) in [5.74, 6) is 0.0398. The third-order valence-electron chi connectivity index (χ3n) is 3.05. The van der Waals surface area contributed by atoms with Gasteiger partial charge in [0.05, 0.1) is 10.6 Å². The lowest BCUT2D eigenvalue weighted by atomic mass is 10.2. The lowest BCUT2D eigenvalue weighted by Gasteiger charge is -2.02. The maximum Gasteiger partial charge on any atom is 0.355 e. The molecule has 7 heteroatoms. The van der Waals surface area contributed by atoms with Crippen LogP contribution in [0.4, 0.5) is 0 Å². The van der Waals surface area contributed by atoms with Crippen LogP contribution in [-0.2, 0) is 18.4 Å². The van der Waals surface area contributed by atoms with Gasteiger partial charge in [0.15, 0.2) is 6.61 Å². The molecule has 0 aliphatic carbocycles. The fourth-order valence-electron chi connectivity index (χ4n) is 1.93. The van der Waals surface area contributed by atoms with Gasteiger partial charge in [0.2, 0.25) is 5.89 Å². The molecule has 0 spiro atoms. The first-order chi connectivity index (χ1) is 10.6. The number of ether oxygens (including phenoxy) is 1. The van der Waals surface area contributed by atoms with E-state index < -0.39 is 5.97 Å². The zero-order chi connectivity index (χ0) is 15.5. The van der Waals surface area contributed by atoms with E-state index >= 15 is 0 Å². The molecule has 0 saturated carbocycles. The summed E-state index contributed by atoms with van der Waals surface area (Å²) in [5, 5.41) is 8.27. The molecule has 0 bridgehead atoms. The molecule has 0 unspecified atom stereocenters. The van der Waals surface area contributed by atoms with Crippen molar-refractivity contribution in [3.8, 4) is 11.5 Å². The van der Waals surface area contributed by atoms with E-state index in [0.29, 0.717) is 16.3 Å². The number of carbonyl (C=O) groups is 1. The van der Waals surface area contributed by atoms with Gasteiger partial charge in [-0.05, 0) is 24.3 Å². The maximum absolute atomic E-state index is 11.9. The summed E-state index contributed by atoms with van der Waals surface area (Å²) < 4.78 is 12.3. The van der Waals surface area contributed by atoms with Gasteiger partial charge in [0.25, 0.3) is 5.89 Å². The Morgan fingerprint density at radius 2 is 2.09 bits per heavy atom. The second-order valence-electron chi connectivity index (χ2n) is 4.56. The van der Waals surface area contributed by atoms with E-state index in [0.717, 1.165) is 0 Å². The molecule has 0 saturated heterocycles. The van der Waals surface area contributed by atoms with Crippen LogP contribution < -0.4 is 0 Å². The van der Waals surface area contributed by atoms with Crippen molar-refractivity contribution in [3.63, 3.8) is 0 Å². The first kappa shape index (κ1) is 14.3. The number of carbonyl (C=O) groups excluding carboxylic acids is 1. The van der Waals surface area contributed by atoms with Crippen LogP contribution in [0, 0.1) is 0 Å². The summed E-state index contributed by atoms with van der Waals surface area (Å²) in [7, 11) is 1.76. The molecule has 3 aromatic rings. The number of nitrogens with zero attached hydrogens (tertiary/aromatic N) is 3. The third kappa shape index (κ3) is 2.87. The lowest BCUT2D eigenvalue weighted by Crippen LogP contribution is -2.09. The average molecular weight is 318 g/mol. The van der Waals surface area contributed by atoms with E-state index in [4.69, 9.17) is 20.8 Å². The van der Waals surface area contributed by atoms with Crippen LogP contribution in [0.5, 0.6) is 0 Å². The Hall–Kier alpha value is -2.60. The highest BCUT2D eigenvalue weighted by atomic mass is 35.5. The molecule has 22 heavy (non-hydrogen) atoms. The Balaban J connectivity index is 1.69. The zero-order valence-corrected chi connectivity index (χ0v) is 12.4. The number of benzene rings is 1. The Morgan fingerprint density at radius 1 is 1.27 bits per heavy atom. The molecule has 6 nitrogen and oxygen atoms in total. The van der Waals surface area contributed by atoms with E-state index in [1.807, 2.05) is 12.1 Å². The Labute approximate surface area is 131 Å². The molecule has 1 aromatic carbocycles. The Kier molecular flexibility index (Phi) is 3.93. The second-order valence-corrected chi connectivity index (χ2v) is 4.97. The first-order valence-electron chi connectivity index (χ1n) is 6.51. The highest BCUT2D eigenvalue weighted by Crippen LogP contribution is 2.26. The summed E-state index contributed by atoms with van der Waals surface area (Å²) in [6.07, 6.45) is 1.76. The van der Waals surface area contributed by atoms with Gasteiger partial charge in [-0.15, -0.1) is 10.2 Å². The predicted molar refractivity (Wildman–Crippen MR) is 79.3 cm³/mol. The fourth-order valence-corrected chi connectivity index (χ4v) is 2.15. The summed E-state index contributed by atoms with van der Waals surface area (Å²) in [4.78, 5) is 11.9. The molecule has 2 heterocycles. The third-order valence-corrected chi connectivity index (χ3v) is 3.38. The average Bonchev–Trinajstić information content (AvgIpc) is 3.14. The van der Waals surface area contributed by atoms with Gasteiger partial charge in [-0.1, -0.05) is 23.7 Å². The number of aromatic nitrogens is 3. The van der Waals surface area contributed by atoms with E-state index in [9.17, 15) is 4.79 Å². The van der Waals surface area contributed by atoms with Crippen molar-refractivity contribution in [1.82, 2.24) is 14.8 Å². The van der Waals surface area contributed by atoms with Crippen molar-refractivity contribution in [3.05, 3.63) is 59.2 Å². The van der Waals surface area contributed by atoms with Gasteiger partial charge >= 0.3 is 5.97 Å². The van der Waals surface area contributed by atoms with Gasteiger partial charge in [-0.2, -0.15) is 0 Å². The smallest absolute Gasteiger partial charge is 0.355 e. The molecule has 0 radical (unpaired) electrons. The van der Waals surface area contributed by atoms with E-state index in [1.54, 1.807) is 42.1 Å². The molecule has 0 aliphatic heterocycles. The standard InChI is InChI=1S/C15H12ClN3O3/c1-19-8-4-7-12(19)15(20)21-9-13-17-18-14(22-13)10-5-2-3-6-11(10)16/h2-8H,9H2,1H3. The van der Waals surface area contributed by atoms with E-state index in [-0.39, 0.29) is 18.4 Å². The van der Waals surface area contributed by atoms with Gasteiger partial charge < -0.3 is 13.7 Å². The monoisotopic (exact) mass is 317 g/mol. The van der Waals surface area contributed by atoms with Crippen molar-refractivity contribution in [2.45, 2.75) is 6.61 Å². The molecule has 0 N–H and O–H groups in total. The number of aryl methyl sites for hydroxylation is 1.